The van der Waals surface area contributed by atoms with Crippen molar-refractivity contribution in [1.82, 2.24) is 0 Å². The maximum atomic E-state index is 6.81. The minimum atomic E-state index is -0.0218. The van der Waals surface area contributed by atoms with E-state index in [0.29, 0.717) is 16.9 Å². The van der Waals surface area contributed by atoms with E-state index in [2.05, 4.69) is 33.8 Å². The second-order valence-electron chi connectivity index (χ2n) is 10.9. The molecule has 0 aromatic rings. The standard InChI is InChI=1S/C25H40O2/c1-5-9-22-26-21-16-20-18-12-11-17-10-7-8-14-23(17,3)19(18)13-15-24(20,4)25(21,6-2)27-22/h10,18-22H,5-9,11-16H2,1-4H3/t18-,19+,20+,21?,22?,23+,24+,25-/m1/s1. The van der Waals surface area contributed by atoms with Crippen LogP contribution in [0.15, 0.2) is 11.6 Å². The number of hydrogen-bond donors (Lipinski definition) is 0. The maximum absolute atomic E-state index is 6.81. The van der Waals surface area contributed by atoms with E-state index in [1.807, 2.05) is 5.57 Å². The third kappa shape index (κ3) is 2.32. The first-order valence-electron chi connectivity index (χ1n) is 12.0. The number of rotatable bonds is 3. The minimum Gasteiger partial charge on any atom is -0.346 e. The summed E-state index contributed by atoms with van der Waals surface area (Å²) in [6, 6.07) is 0. The highest BCUT2D eigenvalue weighted by molar-refractivity contribution is 5.26. The van der Waals surface area contributed by atoms with Crippen LogP contribution in [0.4, 0.5) is 0 Å². The highest BCUT2D eigenvalue weighted by atomic mass is 16.7. The van der Waals surface area contributed by atoms with E-state index >= 15 is 0 Å². The van der Waals surface area contributed by atoms with Crippen LogP contribution in [0.25, 0.3) is 0 Å². The largest absolute Gasteiger partial charge is 0.346 e. The highest BCUT2D eigenvalue weighted by Crippen LogP contribution is 2.70. The number of fused-ring (bicyclic) bond motifs is 7. The molecule has 4 aliphatic carbocycles. The number of hydrogen-bond acceptors (Lipinski definition) is 2. The van der Waals surface area contributed by atoms with Gasteiger partial charge in [0, 0.05) is 5.41 Å². The average molecular weight is 373 g/mol. The zero-order chi connectivity index (χ0) is 18.9. The predicted molar refractivity (Wildman–Crippen MR) is 109 cm³/mol. The molecule has 5 aliphatic rings. The van der Waals surface area contributed by atoms with Gasteiger partial charge >= 0.3 is 0 Å². The Morgan fingerprint density at radius 3 is 2.74 bits per heavy atom. The summed E-state index contributed by atoms with van der Waals surface area (Å²) in [6.45, 7) is 9.80. The second-order valence-corrected chi connectivity index (χ2v) is 10.9. The van der Waals surface area contributed by atoms with Gasteiger partial charge in [-0.1, -0.05) is 45.8 Å². The van der Waals surface area contributed by atoms with Crippen molar-refractivity contribution in [3.8, 4) is 0 Å². The van der Waals surface area contributed by atoms with Gasteiger partial charge in [0.05, 0.1) is 6.10 Å². The molecule has 0 amide bonds. The third-order valence-corrected chi connectivity index (χ3v) is 10.1. The lowest BCUT2D eigenvalue weighted by Crippen LogP contribution is -2.56. The van der Waals surface area contributed by atoms with E-state index in [1.165, 1.54) is 51.4 Å². The van der Waals surface area contributed by atoms with Crippen molar-refractivity contribution in [1.29, 1.82) is 0 Å². The molecule has 1 saturated heterocycles. The zero-order valence-corrected chi connectivity index (χ0v) is 18.1. The summed E-state index contributed by atoms with van der Waals surface area (Å²) in [5.74, 6) is 2.58. The van der Waals surface area contributed by atoms with Gasteiger partial charge in [0.25, 0.3) is 0 Å². The molecular weight excluding hydrogens is 332 g/mol. The molecule has 2 unspecified atom stereocenters. The molecule has 0 spiro atoms. The Kier molecular flexibility index (Phi) is 4.38. The van der Waals surface area contributed by atoms with Crippen LogP contribution >= 0.6 is 0 Å². The molecule has 2 nitrogen and oxygen atoms in total. The highest BCUT2D eigenvalue weighted by Gasteiger charge is 2.70. The number of allylic oxidation sites excluding steroid dienone is 2. The van der Waals surface area contributed by atoms with Crippen molar-refractivity contribution >= 4 is 0 Å². The monoisotopic (exact) mass is 372 g/mol. The van der Waals surface area contributed by atoms with Crippen molar-refractivity contribution in [2.24, 2.45) is 28.6 Å². The Labute approximate surface area is 166 Å². The molecule has 4 fully saturated rings. The minimum absolute atomic E-state index is 0.0218. The zero-order valence-electron chi connectivity index (χ0n) is 18.1. The summed E-state index contributed by atoms with van der Waals surface area (Å²) in [7, 11) is 0. The van der Waals surface area contributed by atoms with Crippen LogP contribution in [-0.2, 0) is 9.47 Å². The van der Waals surface area contributed by atoms with E-state index in [-0.39, 0.29) is 11.9 Å². The third-order valence-electron chi connectivity index (χ3n) is 10.1. The molecule has 0 radical (unpaired) electrons. The van der Waals surface area contributed by atoms with E-state index in [4.69, 9.17) is 9.47 Å². The Balaban J connectivity index is 1.47. The lowest BCUT2D eigenvalue weighted by atomic mass is 9.46. The smallest absolute Gasteiger partial charge is 0.159 e. The quantitative estimate of drug-likeness (QED) is 0.517. The van der Waals surface area contributed by atoms with Crippen LogP contribution in [0.3, 0.4) is 0 Å². The first-order valence-corrected chi connectivity index (χ1v) is 12.0. The van der Waals surface area contributed by atoms with Crippen molar-refractivity contribution in [3.63, 3.8) is 0 Å². The summed E-state index contributed by atoms with van der Waals surface area (Å²) >= 11 is 0. The van der Waals surface area contributed by atoms with Crippen LogP contribution < -0.4 is 0 Å². The van der Waals surface area contributed by atoms with Gasteiger partial charge in [-0.25, -0.2) is 0 Å². The topological polar surface area (TPSA) is 18.5 Å². The van der Waals surface area contributed by atoms with E-state index in [0.717, 1.165) is 37.0 Å². The molecule has 2 heteroatoms. The maximum Gasteiger partial charge on any atom is 0.159 e. The predicted octanol–water partition coefficient (Wildman–Crippen LogP) is 6.64. The van der Waals surface area contributed by atoms with Crippen LogP contribution in [0.2, 0.25) is 0 Å². The Bertz CT molecular complexity index is 626. The normalized spacial score (nSPS) is 53.9. The van der Waals surface area contributed by atoms with Crippen molar-refractivity contribution in [3.05, 3.63) is 11.6 Å². The van der Waals surface area contributed by atoms with Gasteiger partial charge in [0.1, 0.15) is 5.60 Å². The molecule has 0 aromatic carbocycles. The van der Waals surface area contributed by atoms with E-state index in [1.54, 1.807) is 0 Å². The Hall–Kier alpha value is -0.340. The molecule has 0 aromatic heterocycles. The summed E-state index contributed by atoms with van der Waals surface area (Å²) < 4.78 is 13.4. The first kappa shape index (κ1) is 18.7. The Morgan fingerprint density at radius 2 is 1.96 bits per heavy atom. The molecule has 152 valence electrons. The lowest BCUT2D eigenvalue weighted by molar-refractivity contribution is -0.177. The molecule has 0 bridgehead atoms. The lowest BCUT2D eigenvalue weighted by Gasteiger charge is -2.59. The molecule has 27 heavy (non-hydrogen) atoms. The van der Waals surface area contributed by atoms with E-state index < -0.39 is 0 Å². The van der Waals surface area contributed by atoms with Crippen LogP contribution in [0.1, 0.15) is 98.3 Å². The summed E-state index contributed by atoms with van der Waals surface area (Å²) in [5.41, 5.74) is 2.60. The second kappa shape index (κ2) is 6.33. The van der Waals surface area contributed by atoms with Crippen LogP contribution in [0, 0.1) is 28.6 Å². The van der Waals surface area contributed by atoms with Crippen molar-refractivity contribution in [2.75, 3.05) is 0 Å². The molecule has 8 atom stereocenters. The SMILES string of the molecule is CCCC1OC2C[C@H]3[C@@H]4CCC5=CCCC[C@]5(C)[C@H]4CC[C@]3(C)[C@]2(CC)O1. The van der Waals surface area contributed by atoms with Gasteiger partial charge in [0.2, 0.25) is 0 Å². The van der Waals surface area contributed by atoms with Gasteiger partial charge in [-0.05, 0) is 87.4 Å². The first-order chi connectivity index (χ1) is 13.0. The van der Waals surface area contributed by atoms with E-state index in [9.17, 15) is 0 Å². The fourth-order valence-corrected chi connectivity index (χ4v) is 8.72. The summed E-state index contributed by atoms with van der Waals surface area (Å²) in [5, 5.41) is 0. The fourth-order valence-electron chi connectivity index (χ4n) is 8.72. The molecular formula is C25H40O2. The molecule has 5 rings (SSSR count). The fraction of sp³-hybridized carbons (Fsp3) is 0.920. The van der Waals surface area contributed by atoms with Crippen LogP contribution in [0.5, 0.6) is 0 Å². The molecule has 1 heterocycles. The van der Waals surface area contributed by atoms with Gasteiger partial charge in [-0.15, -0.1) is 0 Å². The number of ether oxygens (including phenoxy) is 2. The van der Waals surface area contributed by atoms with Gasteiger partial charge < -0.3 is 9.47 Å². The average Bonchev–Trinajstić information content (AvgIpc) is 3.13. The summed E-state index contributed by atoms with van der Waals surface area (Å²) in [4.78, 5) is 0. The van der Waals surface area contributed by atoms with Gasteiger partial charge in [-0.2, -0.15) is 0 Å². The Morgan fingerprint density at radius 1 is 1.11 bits per heavy atom. The van der Waals surface area contributed by atoms with Crippen LogP contribution in [-0.4, -0.2) is 18.0 Å². The van der Waals surface area contributed by atoms with Crippen molar-refractivity contribution in [2.45, 2.75) is 116 Å². The molecule has 0 N–H and O–H groups in total. The molecule has 1 aliphatic heterocycles. The van der Waals surface area contributed by atoms with Gasteiger partial charge in [-0.3, -0.25) is 0 Å². The molecule has 3 saturated carbocycles. The van der Waals surface area contributed by atoms with Crippen molar-refractivity contribution < 1.29 is 9.47 Å². The summed E-state index contributed by atoms with van der Waals surface area (Å²) in [6.07, 6.45) is 17.2. The van der Waals surface area contributed by atoms with Gasteiger partial charge in [0.15, 0.2) is 6.29 Å².